The number of rotatable bonds is 7. The quantitative estimate of drug-likeness (QED) is 0.401. The third-order valence-corrected chi connectivity index (χ3v) is 6.39. The number of amides is 3. The van der Waals surface area contributed by atoms with Gasteiger partial charge < -0.3 is 19.5 Å². The van der Waals surface area contributed by atoms with Crippen LogP contribution in [0.4, 0.5) is 5.69 Å². The summed E-state index contributed by atoms with van der Waals surface area (Å²) in [6.45, 7) is 2.38. The van der Waals surface area contributed by atoms with E-state index in [4.69, 9.17) is 9.47 Å². The standard InChI is InChI=1S/C27H22N2O7/c1-3-36-19-11-7-17(8-12-19)28-22(15-4-9-18(35-2)10-5-15)23(26(28)32)29-24(30)20-13-6-16(27(33)34)14-21(20)25(29)31/h4-14,22-23H,3H2,1-2H3,(H,33,34)/t22-,23-/m1/s1. The van der Waals surface area contributed by atoms with Crippen LogP contribution in [-0.2, 0) is 4.79 Å². The van der Waals surface area contributed by atoms with Gasteiger partial charge in [0.15, 0.2) is 0 Å². The van der Waals surface area contributed by atoms with E-state index in [0.29, 0.717) is 29.4 Å². The molecular weight excluding hydrogens is 464 g/mol. The average molecular weight is 486 g/mol. The van der Waals surface area contributed by atoms with Gasteiger partial charge in [-0.25, -0.2) is 4.79 Å². The van der Waals surface area contributed by atoms with Gasteiger partial charge in [-0.15, -0.1) is 0 Å². The second-order valence-electron chi connectivity index (χ2n) is 8.34. The molecule has 5 rings (SSSR count). The van der Waals surface area contributed by atoms with E-state index in [-0.39, 0.29) is 16.7 Å². The van der Waals surface area contributed by atoms with Gasteiger partial charge in [0, 0.05) is 5.69 Å². The molecule has 3 aromatic carbocycles. The van der Waals surface area contributed by atoms with Crippen LogP contribution in [0.25, 0.3) is 0 Å². The van der Waals surface area contributed by atoms with Crippen LogP contribution in [0.2, 0.25) is 0 Å². The Morgan fingerprint density at radius 2 is 1.47 bits per heavy atom. The van der Waals surface area contributed by atoms with Crippen molar-refractivity contribution >= 4 is 29.4 Å². The number of nitrogens with zero attached hydrogens (tertiary/aromatic N) is 2. The summed E-state index contributed by atoms with van der Waals surface area (Å²) >= 11 is 0. The van der Waals surface area contributed by atoms with Crippen LogP contribution in [0.1, 0.15) is 49.6 Å². The van der Waals surface area contributed by atoms with Crippen molar-refractivity contribution in [1.82, 2.24) is 4.90 Å². The van der Waals surface area contributed by atoms with Crippen molar-refractivity contribution in [2.45, 2.75) is 19.0 Å². The molecular formula is C27H22N2O7. The zero-order valence-corrected chi connectivity index (χ0v) is 19.5. The molecule has 182 valence electrons. The van der Waals surface area contributed by atoms with Crippen molar-refractivity contribution in [1.29, 1.82) is 0 Å². The lowest BCUT2D eigenvalue weighted by molar-refractivity contribution is -0.130. The van der Waals surface area contributed by atoms with Crippen LogP contribution < -0.4 is 14.4 Å². The molecule has 2 heterocycles. The first-order chi connectivity index (χ1) is 17.3. The molecule has 9 nitrogen and oxygen atoms in total. The van der Waals surface area contributed by atoms with E-state index >= 15 is 0 Å². The highest BCUT2D eigenvalue weighted by molar-refractivity contribution is 6.25. The van der Waals surface area contributed by atoms with Crippen molar-refractivity contribution in [3.05, 3.63) is 89.0 Å². The molecule has 0 spiro atoms. The topological polar surface area (TPSA) is 113 Å². The minimum atomic E-state index is -1.21. The van der Waals surface area contributed by atoms with Crippen LogP contribution in [-0.4, -0.2) is 53.5 Å². The second-order valence-corrected chi connectivity index (χ2v) is 8.34. The molecule has 0 radical (unpaired) electrons. The zero-order valence-electron chi connectivity index (χ0n) is 19.5. The molecule has 3 amide bonds. The fourth-order valence-electron chi connectivity index (χ4n) is 4.66. The number of carbonyl (C=O) groups excluding carboxylic acids is 3. The molecule has 2 aliphatic rings. The lowest BCUT2D eigenvalue weighted by Gasteiger charge is -2.49. The van der Waals surface area contributed by atoms with Crippen LogP contribution in [0, 0.1) is 0 Å². The molecule has 1 saturated heterocycles. The molecule has 1 fully saturated rings. The predicted octanol–water partition coefficient (Wildman–Crippen LogP) is 3.54. The molecule has 0 unspecified atom stereocenters. The van der Waals surface area contributed by atoms with Crippen molar-refractivity contribution in [3.63, 3.8) is 0 Å². The first-order valence-electron chi connectivity index (χ1n) is 11.3. The molecule has 0 bridgehead atoms. The number of aromatic carboxylic acids is 1. The van der Waals surface area contributed by atoms with E-state index in [1.165, 1.54) is 23.1 Å². The summed E-state index contributed by atoms with van der Waals surface area (Å²) in [7, 11) is 1.54. The van der Waals surface area contributed by atoms with Crippen molar-refractivity contribution < 1.29 is 33.8 Å². The average Bonchev–Trinajstić information content (AvgIpc) is 3.13. The van der Waals surface area contributed by atoms with Gasteiger partial charge >= 0.3 is 5.97 Å². The minimum Gasteiger partial charge on any atom is -0.497 e. The maximum Gasteiger partial charge on any atom is 0.335 e. The van der Waals surface area contributed by atoms with E-state index in [1.807, 2.05) is 6.92 Å². The SMILES string of the molecule is CCOc1ccc(N2C(=O)[C@H](N3C(=O)c4ccc(C(=O)O)cc4C3=O)[C@H]2c2ccc(OC)cc2)cc1. The third kappa shape index (κ3) is 3.56. The number of benzene rings is 3. The number of methoxy groups -OCH3 is 1. The summed E-state index contributed by atoms with van der Waals surface area (Å²) in [5.41, 5.74) is 1.23. The van der Waals surface area contributed by atoms with E-state index in [9.17, 15) is 24.3 Å². The fourth-order valence-corrected chi connectivity index (χ4v) is 4.66. The van der Waals surface area contributed by atoms with E-state index in [1.54, 1.807) is 55.6 Å². The molecule has 0 aromatic heterocycles. The Morgan fingerprint density at radius 1 is 0.833 bits per heavy atom. The fraction of sp³-hybridized carbons (Fsp3) is 0.185. The number of imide groups is 1. The Balaban J connectivity index is 1.54. The highest BCUT2D eigenvalue weighted by atomic mass is 16.5. The summed E-state index contributed by atoms with van der Waals surface area (Å²) < 4.78 is 10.7. The Bertz CT molecular complexity index is 1380. The number of carboxylic acid groups (broad SMARTS) is 1. The molecule has 2 aliphatic heterocycles. The summed E-state index contributed by atoms with van der Waals surface area (Å²) in [6, 6.07) is 16.1. The van der Waals surface area contributed by atoms with Gasteiger partial charge in [-0.3, -0.25) is 19.3 Å². The lowest BCUT2D eigenvalue weighted by Crippen LogP contribution is -2.67. The van der Waals surface area contributed by atoms with Gasteiger partial charge in [-0.2, -0.15) is 0 Å². The monoisotopic (exact) mass is 486 g/mol. The molecule has 9 heteroatoms. The number of anilines is 1. The Hall–Kier alpha value is -4.66. The van der Waals surface area contributed by atoms with Crippen LogP contribution in [0.15, 0.2) is 66.7 Å². The molecule has 36 heavy (non-hydrogen) atoms. The summed E-state index contributed by atoms with van der Waals surface area (Å²) in [4.78, 5) is 53.9. The molecule has 0 saturated carbocycles. The van der Waals surface area contributed by atoms with Gasteiger partial charge in [0.25, 0.3) is 17.7 Å². The number of carboxylic acids is 1. The number of fused-ring (bicyclic) bond motifs is 1. The number of β-lactam (4-membered cyclic amide) rings is 1. The van der Waals surface area contributed by atoms with Crippen LogP contribution >= 0.6 is 0 Å². The first-order valence-corrected chi connectivity index (χ1v) is 11.3. The van der Waals surface area contributed by atoms with E-state index < -0.39 is 35.8 Å². The maximum atomic E-state index is 13.5. The normalized spacial score (nSPS) is 18.7. The van der Waals surface area contributed by atoms with Crippen LogP contribution in [0.3, 0.4) is 0 Å². The number of ether oxygens (including phenoxy) is 2. The number of hydrogen-bond acceptors (Lipinski definition) is 6. The third-order valence-electron chi connectivity index (χ3n) is 6.39. The minimum absolute atomic E-state index is 0.0271. The predicted molar refractivity (Wildman–Crippen MR) is 129 cm³/mol. The zero-order chi connectivity index (χ0) is 25.6. The van der Waals surface area contributed by atoms with Crippen LogP contribution in [0.5, 0.6) is 11.5 Å². The van der Waals surface area contributed by atoms with Gasteiger partial charge in [0.2, 0.25) is 0 Å². The van der Waals surface area contributed by atoms with Gasteiger partial charge in [0.1, 0.15) is 17.5 Å². The molecule has 2 atom stereocenters. The second kappa shape index (κ2) is 8.84. The van der Waals surface area contributed by atoms with Gasteiger partial charge in [0.05, 0.1) is 36.4 Å². The molecule has 1 N–H and O–H groups in total. The summed E-state index contributed by atoms with van der Waals surface area (Å²) in [6.07, 6.45) is 0. The summed E-state index contributed by atoms with van der Waals surface area (Å²) in [5.74, 6) is -1.68. The van der Waals surface area contributed by atoms with Crippen molar-refractivity contribution in [2.24, 2.45) is 0 Å². The first kappa shape index (κ1) is 23.1. The molecule has 0 aliphatic carbocycles. The largest absolute Gasteiger partial charge is 0.497 e. The highest BCUT2D eigenvalue weighted by Crippen LogP contribution is 2.44. The molecule has 3 aromatic rings. The Kier molecular flexibility index (Phi) is 5.68. The van der Waals surface area contributed by atoms with E-state index in [2.05, 4.69) is 0 Å². The Morgan fingerprint density at radius 3 is 2.08 bits per heavy atom. The lowest BCUT2D eigenvalue weighted by atomic mass is 9.86. The Labute approximate surface area is 206 Å². The van der Waals surface area contributed by atoms with Crippen molar-refractivity contribution in [2.75, 3.05) is 18.6 Å². The smallest absolute Gasteiger partial charge is 0.335 e. The summed E-state index contributed by atoms with van der Waals surface area (Å²) in [5, 5.41) is 9.30. The highest BCUT2D eigenvalue weighted by Gasteiger charge is 2.57. The van der Waals surface area contributed by atoms with E-state index in [0.717, 1.165) is 4.90 Å². The van der Waals surface area contributed by atoms with Gasteiger partial charge in [-0.05, 0) is 67.1 Å². The number of carbonyl (C=O) groups is 4. The maximum absolute atomic E-state index is 13.5. The number of hydrogen-bond donors (Lipinski definition) is 1. The van der Waals surface area contributed by atoms with Crippen molar-refractivity contribution in [3.8, 4) is 11.5 Å². The van der Waals surface area contributed by atoms with Gasteiger partial charge in [-0.1, -0.05) is 12.1 Å².